The molecular weight excluding hydrogens is 349 g/mol. The summed E-state index contributed by atoms with van der Waals surface area (Å²) in [6.45, 7) is 0.502. The number of benzene rings is 1. The van der Waals surface area contributed by atoms with Crippen LogP contribution in [0.3, 0.4) is 0 Å². The molecule has 1 aliphatic heterocycles. The number of carbonyl (C=O) groups is 1. The number of thiazole rings is 1. The fourth-order valence-electron chi connectivity index (χ4n) is 4.65. The number of halogens is 1. The standard InChI is InChI=1S/C20H22FN3OS/c21-14-3-1-2-13(8-14)18-17(23-19(26-18)11-4-5-11)20(25)24-15-7-6-12(9-15)16(24)10-22/h1-3,8,11-12,15-16H,4-7,9-10,22H2/t12-,15+,16-/m0/s1. The lowest BCUT2D eigenvalue weighted by Gasteiger charge is -2.34. The van der Waals surface area contributed by atoms with Crippen LogP contribution in [0.1, 0.15) is 53.5 Å². The second kappa shape index (κ2) is 6.13. The van der Waals surface area contributed by atoms with Crippen LogP contribution in [0, 0.1) is 11.7 Å². The lowest BCUT2D eigenvalue weighted by Crippen LogP contribution is -2.48. The van der Waals surface area contributed by atoms with Gasteiger partial charge < -0.3 is 10.6 Å². The average Bonchev–Trinajstić information content (AvgIpc) is 3.10. The number of rotatable bonds is 4. The van der Waals surface area contributed by atoms with Crippen LogP contribution in [0.15, 0.2) is 24.3 Å². The highest BCUT2D eigenvalue weighted by molar-refractivity contribution is 7.15. The smallest absolute Gasteiger partial charge is 0.274 e. The summed E-state index contributed by atoms with van der Waals surface area (Å²) in [5.41, 5.74) is 7.23. The summed E-state index contributed by atoms with van der Waals surface area (Å²) in [7, 11) is 0. The third-order valence-electron chi connectivity index (χ3n) is 6.08. The van der Waals surface area contributed by atoms with E-state index in [0.29, 0.717) is 24.1 Å². The summed E-state index contributed by atoms with van der Waals surface area (Å²) in [6, 6.07) is 6.88. The number of aromatic nitrogens is 1. The number of nitrogens with zero attached hydrogens (tertiary/aromatic N) is 2. The normalized spacial score (nSPS) is 27.3. The van der Waals surface area contributed by atoms with Crippen molar-refractivity contribution in [1.82, 2.24) is 9.88 Å². The van der Waals surface area contributed by atoms with E-state index in [1.54, 1.807) is 17.4 Å². The van der Waals surface area contributed by atoms with E-state index in [9.17, 15) is 9.18 Å². The van der Waals surface area contributed by atoms with Gasteiger partial charge in [-0.15, -0.1) is 11.3 Å². The quantitative estimate of drug-likeness (QED) is 0.890. The molecule has 0 radical (unpaired) electrons. The lowest BCUT2D eigenvalue weighted by atomic mass is 9.98. The summed E-state index contributed by atoms with van der Waals surface area (Å²) in [5, 5.41) is 1.02. The van der Waals surface area contributed by atoms with E-state index in [4.69, 9.17) is 10.7 Å². The Bertz CT molecular complexity index is 862. The van der Waals surface area contributed by atoms with Gasteiger partial charge in [0.15, 0.2) is 0 Å². The number of likely N-dealkylation sites (tertiary alicyclic amines) is 1. The van der Waals surface area contributed by atoms with E-state index in [2.05, 4.69) is 0 Å². The monoisotopic (exact) mass is 371 g/mol. The maximum absolute atomic E-state index is 13.8. The van der Waals surface area contributed by atoms with Crippen molar-refractivity contribution < 1.29 is 9.18 Å². The molecule has 26 heavy (non-hydrogen) atoms. The molecule has 3 aliphatic rings. The Morgan fingerprint density at radius 2 is 2.15 bits per heavy atom. The Kier molecular flexibility index (Phi) is 3.87. The highest BCUT2D eigenvalue weighted by atomic mass is 32.1. The highest BCUT2D eigenvalue weighted by Crippen LogP contribution is 2.47. The first-order valence-corrected chi connectivity index (χ1v) is 10.3. The largest absolute Gasteiger partial charge is 0.330 e. The van der Waals surface area contributed by atoms with Crippen molar-refractivity contribution >= 4 is 17.2 Å². The SMILES string of the molecule is NC[C@H]1[C@H]2CC[C@H](C2)N1C(=O)c1nc(C2CC2)sc1-c1cccc(F)c1. The average molecular weight is 371 g/mol. The van der Waals surface area contributed by atoms with Gasteiger partial charge in [-0.3, -0.25) is 4.79 Å². The summed E-state index contributed by atoms with van der Waals surface area (Å²) >= 11 is 1.55. The van der Waals surface area contributed by atoms with Gasteiger partial charge in [0, 0.05) is 24.5 Å². The van der Waals surface area contributed by atoms with Gasteiger partial charge in [0.2, 0.25) is 0 Å². The molecule has 1 aromatic heterocycles. The van der Waals surface area contributed by atoms with Gasteiger partial charge in [-0.05, 0) is 55.7 Å². The summed E-state index contributed by atoms with van der Waals surface area (Å²) < 4.78 is 13.8. The number of amides is 1. The number of fused-ring (bicyclic) bond motifs is 2. The molecule has 1 saturated heterocycles. The summed E-state index contributed by atoms with van der Waals surface area (Å²) in [6.07, 6.45) is 5.54. The number of nitrogens with two attached hydrogens (primary N) is 1. The van der Waals surface area contributed by atoms with Crippen molar-refractivity contribution in [2.24, 2.45) is 11.7 Å². The van der Waals surface area contributed by atoms with Crippen LogP contribution in [0.5, 0.6) is 0 Å². The molecule has 2 heterocycles. The highest BCUT2D eigenvalue weighted by Gasteiger charge is 2.48. The number of piperidine rings is 1. The Balaban J connectivity index is 1.56. The Morgan fingerprint density at radius 1 is 1.31 bits per heavy atom. The zero-order valence-corrected chi connectivity index (χ0v) is 15.3. The van der Waals surface area contributed by atoms with Gasteiger partial charge in [0.1, 0.15) is 11.5 Å². The zero-order valence-electron chi connectivity index (χ0n) is 14.5. The minimum Gasteiger partial charge on any atom is -0.330 e. The first kappa shape index (κ1) is 16.4. The van der Waals surface area contributed by atoms with Crippen LogP contribution in [-0.4, -0.2) is 34.4 Å². The minimum absolute atomic E-state index is 0.0185. The Morgan fingerprint density at radius 3 is 2.88 bits per heavy atom. The molecule has 5 rings (SSSR count). The maximum Gasteiger partial charge on any atom is 0.274 e. The predicted molar refractivity (Wildman–Crippen MR) is 99.6 cm³/mol. The third kappa shape index (κ3) is 2.58. The van der Waals surface area contributed by atoms with Crippen LogP contribution >= 0.6 is 11.3 Å². The van der Waals surface area contributed by atoms with Crippen LogP contribution in [0.4, 0.5) is 4.39 Å². The van der Waals surface area contributed by atoms with Crippen LogP contribution < -0.4 is 5.73 Å². The molecule has 3 fully saturated rings. The van der Waals surface area contributed by atoms with Gasteiger partial charge in [-0.25, -0.2) is 9.37 Å². The van der Waals surface area contributed by atoms with E-state index in [1.165, 1.54) is 12.1 Å². The topological polar surface area (TPSA) is 59.2 Å². The fraction of sp³-hybridized carbons (Fsp3) is 0.500. The first-order valence-electron chi connectivity index (χ1n) is 9.45. The van der Waals surface area contributed by atoms with Crippen molar-refractivity contribution in [3.8, 4) is 10.4 Å². The van der Waals surface area contributed by atoms with E-state index in [1.807, 2.05) is 11.0 Å². The number of carbonyl (C=O) groups excluding carboxylic acids is 1. The van der Waals surface area contributed by atoms with Crippen molar-refractivity contribution in [2.75, 3.05) is 6.54 Å². The molecule has 2 aliphatic carbocycles. The molecular formula is C20H22FN3OS. The third-order valence-corrected chi connectivity index (χ3v) is 7.34. The molecule has 136 valence electrons. The Hall–Kier alpha value is -1.79. The van der Waals surface area contributed by atoms with Crippen LogP contribution in [-0.2, 0) is 0 Å². The predicted octanol–water partition coefficient (Wildman–Crippen LogP) is 3.78. The van der Waals surface area contributed by atoms with Gasteiger partial charge in [0.25, 0.3) is 5.91 Å². The maximum atomic E-state index is 13.8. The van der Waals surface area contributed by atoms with Crippen molar-refractivity contribution in [1.29, 1.82) is 0 Å². The van der Waals surface area contributed by atoms with E-state index >= 15 is 0 Å². The molecule has 2 saturated carbocycles. The Labute approximate surface area is 156 Å². The van der Waals surface area contributed by atoms with E-state index < -0.39 is 0 Å². The summed E-state index contributed by atoms with van der Waals surface area (Å²) in [4.78, 5) is 21.0. The molecule has 4 nitrogen and oxygen atoms in total. The van der Waals surface area contributed by atoms with Crippen LogP contribution in [0.25, 0.3) is 10.4 Å². The number of hydrogen-bond donors (Lipinski definition) is 1. The fourth-order valence-corrected chi connectivity index (χ4v) is 5.87. The molecule has 1 aromatic carbocycles. The lowest BCUT2D eigenvalue weighted by molar-refractivity contribution is 0.0597. The van der Waals surface area contributed by atoms with Crippen molar-refractivity contribution in [3.63, 3.8) is 0 Å². The van der Waals surface area contributed by atoms with Gasteiger partial charge >= 0.3 is 0 Å². The molecule has 0 spiro atoms. The molecule has 2 bridgehead atoms. The zero-order chi connectivity index (χ0) is 17.8. The van der Waals surface area contributed by atoms with E-state index in [-0.39, 0.29) is 23.8 Å². The first-order chi connectivity index (χ1) is 12.7. The molecule has 2 aromatic rings. The van der Waals surface area contributed by atoms with Crippen LogP contribution in [0.2, 0.25) is 0 Å². The van der Waals surface area contributed by atoms with Gasteiger partial charge in [0.05, 0.1) is 9.88 Å². The molecule has 6 heteroatoms. The van der Waals surface area contributed by atoms with Gasteiger partial charge in [-0.1, -0.05) is 12.1 Å². The van der Waals surface area contributed by atoms with Crippen molar-refractivity contribution in [3.05, 3.63) is 40.8 Å². The minimum atomic E-state index is -0.290. The second-order valence-corrected chi connectivity index (χ2v) is 8.79. The molecule has 1 amide bonds. The van der Waals surface area contributed by atoms with Gasteiger partial charge in [-0.2, -0.15) is 0 Å². The molecule has 3 atom stereocenters. The molecule has 2 N–H and O–H groups in total. The second-order valence-electron chi connectivity index (χ2n) is 7.76. The summed E-state index contributed by atoms with van der Waals surface area (Å²) in [5.74, 6) is 0.680. The van der Waals surface area contributed by atoms with E-state index in [0.717, 1.165) is 47.6 Å². The number of hydrogen-bond acceptors (Lipinski definition) is 4. The van der Waals surface area contributed by atoms with Crippen molar-refractivity contribution in [2.45, 2.75) is 50.1 Å². The molecule has 0 unspecified atom stereocenters.